The van der Waals surface area contributed by atoms with Crippen LogP contribution in [0.25, 0.3) is 0 Å². The predicted octanol–water partition coefficient (Wildman–Crippen LogP) is 3.29. The first-order valence-corrected chi connectivity index (χ1v) is 14.0. The van der Waals surface area contributed by atoms with Gasteiger partial charge in [-0.25, -0.2) is 8.42 Å². The van der Waals surface area contributed by atoms with Gasteiger partial charge < -0.3 is 10.2 Å². The summed E-state index contributed by atoms with van der Waals surface area (Å²) in [5.41, 5.74) is 1.18. The zero-order chi connectivity index (χ0) is 27.8. The highest BCUT2D eigenvalue weighted by Crippen LogP contribution is 2.27. The third-order valence-electron chi connectivity index (χ3n) is 5.91. The average Bonchev–Trinajstić information content (AvgIpc) is 2.83. The first-order valence-electron chi connectivity index (χ1n) is 12.2. The predicted molar refractivity (Wildman–Crippen MR) is 144 cm³/mol. The number of amides is 2. The second-order valence-electron chi connectivity index (χ2n) is 9.38. The lowest BCUT2D eigenvalue weighted by Gasteiger charge is -2.33. The second-order valence-corrected chi connectivity index (χ2v) is 11.3. The number of rotatable bonds is 13. The first-order chi connectivity index (χ1) is 17.3. The second kappa shape index (κ2) is 13.2. The van der Waals surface area contributed by atoms with Crippen molar-refractivity contribution < 1.29 is 22.9 Å². The number of sulfonamides is 1. The van der Waals surface area contributed by atoms with Crippen LogP contribution in [-0.4, -0.2) is 62.0 Å². The fourth-order valence-electron chi connectivity index (χ4n) is 3.89. The van der Waals surface area contributed by atoms with Gasteiger partial charge in [-0.15, -0.1) is 0 Å². The zero-order valence-electron chi connectivity index (χ0n) is 22.0. The van der Waals surface area contributed by atoms with Crippen molar-refractivity contribution in [1.29, 1.82) is 0 Å². The number of carbonyl (C=O) groups excluding carboxylic acids is 2. The number of hydrogen-bond donors (Lipinski definition) is 1. The minimum absolute atomic E-state index is 0.0466. The van der Waals surface area contributed by atoms with Gasteiger partial charge in [0.05, 0.1) is 16.9 Å². The first kappa shape index (κ1) is 29.8. The Labute approximate surface area is 218 Å². The van der Waals surface area contributed by atoms with Gasteiger partial charge in [0.25, 0.3) is 5.69 Å². The van der Waals surface area contributed by atoms with E-state index in [4.69, 9.17) is 0 Å². The molecule has 0 bridgehead atoms. The molecule has 0 spiro atoms. The molecule has 0 heterocycles. The monoisotopic (exact) mass is 532 g/mol. The highest BCUT2D eigenvalue weighted by atomic mass is 32.2. The van der Waals surface area contributed by atoms with Crippen LogP contribution in [0.3, 0.4) is 0 Å². The van der Waals surface area contributed by atoms with Gasteiger partial charge in [0.2, 0.25) is 21.8 Å². The van der Waals surface area contributed by atoms with Crippen LogP contribution in [0.4, 0.5) is 11.4 Å². The van der Waals surface area contributed by atoms with Gasteiger partial charge >= 0.3 is 0 Å². The number of non-ortho nitro benzene ring substituents is 1. The maximum absolute atomic E-state index is 13.7. The van der Waals surface area contributed by atoms with E-state index >= 15 is 0 Å². The van der Waals surface area contributed by atoms with Crippen LogP contribution in [0.2, 0.25) is 0 Å². The van der Waals surface area contributed by atoms with Gasteiger partial charge in [0.1, 0.15) is 12.6 Å². The molecule has 0 radical (unpaired) electrons. The standard InChI is InChI=1S/C26H36N4O6S/c1-6-23(26(32)27-17-19(2)3)28(15-14-21-10-8-7-9-11-21)25(31)18-29(37(5,35)36)24-16-22(30(33)34)13-12-20(24)4/h7-13,16,19,23H,6,14-15,17-18H2,1-5H3,(H,27,32). The number of anilines is 1. The Morgan fingerprint density at radius 1 is 1.11 bits per heavy atom. The largest absolute Gasteiger partial charge is 0.354 e. The Bertz CT molecular complexity index is 1200. The maximum Gasteiger partial charge on any atom is 0.271 e. The Kier molecular flexibility index (Phi) is 10.6. The summed E-state index contributed by atoms with van der Waals surface area (Å²) in [4.78, 5) is 38.8. The quantitative estimate of drug-likeness (QED) is 0.311. The molecule has 0 aliphatic heterocycles. The molecule has 1 atom stereocenters. The van der Waals surface area contributed by atoms with E-state index in [1.165, 1.54) is 17.0 Å². The molecule has 10 nitrogen and oxygen atoms in total. The number of nitro groups is 1. The number of nitro benzene ring substituents is 1. The number of benzene rings is 2. The summed E-state index contributed by atoms with van der Waals surface area (Å²) in [6.45, 7) is 7.38. The molecule has 37 heavy (non-hydrogen) atoms. The van der Waals surface area contributed by atoms with Crippen LogP contribution in [0.5, 0.6) is 0 Å². The van der Waals surface area contributed by atoms with Gasteiger partial charge in [-0.05, 0) is 36.8 Å². The van der Waals surface area contributed by atoms with Crippen molar-refractivity contribution in [1.82, 2.24) is 10.2 Å². The van der Waals surface area contributed by atoms with Gasteiger partial charge in [-0.2, -0.15) is 0 Å². The van der Waals surface area contributed by atoms with E-state index in [0.717, 1.165) is 22.2 Å². The minimum atomic E-state index is -3.99. The molecule has 2 aromatic rings. The molecular formula is C26H36N4O6S. The Morgan fingerprint density at radius 2 is 1.76 bits per heavy atom. The summed E-state index contributed by atoms with van der Waals surface area (Å²) < 4.78 is 26.4. The van der Waals surface area contributed by atoms with Crippen LogP contribution in [0.15, 0.2) is 48.5 Å². The van der Waals surface area contributed by atoms with Crippen LogP contribution >= 0.6 is 0 Å². The third kappa shape index (κ3) is 8.56. The molecule has 11 heteroatoms. The van der Waals surface area contributed by atoms with Crippen LogP contribution in [-0.2, 0) is 26.0 Å². The Balaban J connectivity index is 2.44. The molecule has 0 aliphatic carbocycles. The molecular weight excluding hydrogens is 496 g/mol. The summed E-state index contributed by atoms with van der Waals surface area (Å²) in [6.07, 6.45) is 1.74. The molecule has 2 aromatic carbocycles. The third-order valence-corrected chi connectivity index (χ3v) is 7.03. The number of aryl methyl sites for hydroxylation is 1. The van der Waals surface area contributed by atoms with Crippen LogP contribution in [0, 0.1) is 23.0 Å². The highest BCUT2D eigenvalue weighted by molar-refractivity contribution is 7.92. The summed E-state index contributed by atoms with van der Waals surface area (Å²) >= 11 is 0. The highest BCUT2D eigenvalue weighted by Gasteiger charge is 2.32. The molecule has 2 amide bonds. The Morgan fingerprint density at radius 3 is 2.30 bits per heavy atom. The molecule has 0 fully saturated rings. The SMILES string of the molecule is CCC(C(=O)NCC(C)C)N(CCc1ccccc1)C(=O)CN(c1cc([N+](=O)[O-])ccc1C)S(C)(=O)=O. The molecule has 1 N–H and O–H groups in total. The summed E-state index contributed by atoms with van der Waals surface area (Å²) in [5, 5.41) is 14.2. The van der Waals surface area contributed by atoms with Gasteiger partial charge in [0, 0.05) is 25.2 Å². The van der Waals surface area contributed by atoms with Gasteiger partial charge in [0.15, 0.2) is 0 Å². The van der Waals surface area contributed by atoms with Crippen molar-refractivity contribution in [3.05, 3.63) is 69.8 Å². The molecule has 0 saturated heterocycles. The van der Waals surface area contributed by atoms with E-state index in [1.807, 2.05) is 44.2 Å². The summed E-state index contributed by atoms with van der Waals surface area (Å²) in [7, 11) is -3.99. The zero-order valence-corrected chi connectivity index (χ0v) is 22.8. The molecule has 202 valence electrons. The van der Waals surface area contributed by atoms with Crippen LogP contribution in [0.1, 0.15) is 38.3 Å². The Hall–Kier alpha value is -3.47. The normalized spacial score (nSPS) is 12.2. The molecule has 2 rings (SSSR count). The summed E-state index contributed by atoms with van der Waals surface area (Å²) in [6, 6.07) is 12.5. The average molecular weight is 533 g/mol. The number of nitrogens with one attached hydrogen (secondary N) is 1. The summed E-state index contributed by atoms with van der Waals surface area (Å²) in [5.74, 6) is -0.665. The lowest BCUT2D eigenvalue weighted by molar-refractivity contribution is -0.384. The topological polar surface area (TPSA) is 130 Å². The lowest BCUT2D eigenvalue weighted by Crippen LogP contribution is -2.53. The van der Waals surface area contributed by atoms with Crippen molar-refractivity contribution in [2.24, 2.45) is 5.92 Å². The fourth-order valence-corrected chi connectivity index (χ4v) is 4.79. The van der Waals surface area contributed by atoms with Crippen molar-refractivity contribution >= 4 is 33.2 Å². The van der Waals surface area contributed by atoms with E-state index in [9.17, 15) is 28.1 Å². The van der Waals surface area contributed by atoms with Crippen molar-refractivity contribution in [3.8, 4) is 0 Å². The molecule has 0 aliphatic rings. The molecule has 1 unspecified atom stereocenters. The fraction of sp³-hybridized carbons (Fsp3) is 0.462. The molecule has 0 saturated carbocycles. The maximum atomic E-state index is 13.7. The van der Waals surface area contributed by atoms with E-state index in [2.05, 4.69) is 5.32 Å². The van der Waals surface area contributed by atoms with E-state index < -0.39 is 33.4 Å². The molecule has 0 aromatic heterocycles. The van der Waals surface area contributed by atoms with Crippen molar-refractivity contribution in [3.63, 3.8) is 0 Å². The van der Waals surface area contributed by atoms with Crippen molar-refractivity contribution in [2.75, 3.05) is 30.2 Å². The number of hydrogen-bond acceptors (Lipinski definition) is 6. The lowest BCUT2D eigenvalue weighted by atomic mass is 10.1. The number of nitrogens with zero attached hydrogens (tertiary/aromatic N) is 3. The van der Waals surface area contributed by atoms with Gasteiger partial charge in [-0.1, -0.05) is 57.2 Å². The van der Waals surface area contributed by atoms with Crippen LogP contribution < -0.4 is 9.62 Å². The van der Waals surface area contributed by atoms with E-state index in [-0.39, 0.29) is 29.7 Å². The minimum Gasteiger partial charge on any atom is -0.354 e. The van der Waals surface area contributed by atoms with E-state index in [1.54, 1.807) is 13.8 Å². The van der Waals surface area contributed by atoms with Crippen molar-refractivity contribution in [2.45, 2.75) is 46.6 Å². The smallest absolute Gasteiger partial charge is 0.271 e. The van der Waals surface area contributed by atoms with Gasteiger partial charge in [-0.3, -0.25) is 24.0 Å². The van der Waals surface area contributed by atoms with E-state index in [0.29, 0.717) is 24.9 Å². The number of carbonyl (C=O) groups is 2.